The Kier molecular flexibility index (Phi) is 5.94. The van der Waals surface area contributed by atoms with E-state index in [1.807, 2.05) is 0 Å². The van der Waals surface area contributed by atoms with Crippen molar-refractivity contribution >= 4 is 7.60 Å². The van der Waals surface area contributed by atoms with E-state index >= 15 is 0 Å². The van der Waals surface area contributed by atoms with E-state index in [1.54, 1.807) is 26.0 Å². The summed E-state index contributed by atoms with van der Waals surface area (Å²) in [5.74, 6) is -0.712. The summed E-state index contributed by atoms with van der Waals surface area (Å²) in [5, 5.41) is 1.55. The molecular weight excluding hydrogens is 325 g/mol. The number of likely N-dealkylation sites (N-methyl/N-ethyl adjacent to an activating group) is 1. The van der Waals surface area contributed by atoms with Gasteiger partial charge in [0.25, 0.3) is 5.56 Å². The van der Waals surface area contributed by atoms with Gasteiger partial charge in [-0.1, -0.05) is 0 Å². The number of aromatic amines is 1. The molecule has 0 spiro atoms. The number of hydrogen-bond donors (Lipinski definition) is 1. The summed E-state index contributed by atoms with van der Waals surface area (Å²) in [4.78, 5) is 30.7. The predicted octanol–water partition coefficient (Wildman–Crippen LogP) is 0.765. The molecular formula is C13H22N3O6P. The van der Waals surface area contributed by atoms with Crippen LogP contribution >= 0.6 is 7.60 Å². The molecule has 1 fully saturated rings. The van der Waals surface area contributed by atoms with Crippen LogP contribution in [-0.4, -0.2) is 46.8 Å². The molecule has 23 heavy (non-hydrogen) atoms. The monoisotopic (exact) mass is 347 g/mol. The molecule has 130 valence electrons. The van der Waals surface area contributed by atoms with E-state index in [-0.39, 0.29) is 19.3 Å². The third-order valence-electron chi connectivity index (χ3n) is 3.55. The molecule has 9 nitrogen and oxygen atoms in total. The number of hydrogen-bond acceptors (Lipinski definition) is 7. The van der Waals surface area contributed by atoms with Crippen LogP contribution in [0.5, 0.6) is 0 Å². The zero-order valence-electron chi connectivity index (χ0n) is 13.4. The van der Waals surface area contributed by atoms with Crippen LogP contribution in [0.1, 0.15) is 20.3 Å². The normalized spacial score (nSPS) is 22.6. The largest absolute Gasteiger partial charge is 0.361 e. The van der Waals surface area contributed by atoms with Gasteiger partial charge in [-0.3, -0.25) is 23.7 Å². The fraction of sp³-hybridized carbons (Fsp3) is 0.692. The highest BCUT2D eigenvalue weighted by Gasteiger charge is 2.45. The Balaban J connectivity index is 2.13. The molecule has 1 aliphatic rings. The van der Waals surface area contributed by atoms with Crippen LogP contribution in [0.2, 0.25) is 0 Å². The average Bonchev–Trinajstić information content (AvgIpc) is 2.84. The molecule has 0 saturated carbocycles. The molecule has 0 radical (unpaired) electrons. The van der Waals surface area contributed by atoms with Crippen LogP contribution in [0.3, 0.4) is 0 Å². The number of rotatable bonds is 7. The molecule has 1 aromatic rings. The molecule has 0 aliphatic carbocycles. The van der Waals surface area contributed by atoms with Gasteiger partial charge in [0, 0.05) is 32.3 Å². The van der Waals surface area contributed by atoms with Crippen molar-refractivity contribution in [3.05, 3.63) is 33.1 Å². The molecule has 2 atom stereocenters. The lowest BCUT2D eigenvalue weighted by atomic mass is 10.2. The van der Waals surface area contributed by atoms with E-state index in [0.29, 0.717) is 13.0 Å². The maximum atomic E-state index is 12.8. The Bertz CT molecular complexity index is 677. The topological polar surface area (TPSA) is 103 Å². The van der Waals surface area contributed by atoms with Gasteiger partial charge in [-0.25, -0.2) is 4.79 Å². The standard InChI is InChI=1S/C13H22N3O6P/c1-4-20-23(19,21-5-2)12-8-10(15(3)22-12)9-16-7-6-11(17)14-13(16)18/h6-7,10,12H,4-5,8-9H2,1-3H3,(H,14,17,18)/t10-,12+/m0/s1. The molecule has 1 N–H and O–H groups in total. The molecule has 0 bridgehead atoms. The van der Waals surface area contributed by atoms with E-state index in [2.05, 4.69) is 4.98 Å². The number of nitrogens with zero attached hydrogens (tertiary/aromatic N) is 2. The molecule has 0 aromatic carbocycles. The number of H-pyrrole nitrogens is 1. The molecule has 1 saturated heterocycles. The van der Waals surface area contributed by atoms with Crippen molar-refractivity contribution in [1.82, 2.24) is 14.6 Å². The van der Waals surface area contributed by atoms with E-state index in [1.165, 1.54) is 16.8 Å². The van der Waals surface area contributed by atoms with Crippen molar-refractivity contribution in [2.24, 2.45) is 0 Å². The SMILES string of the molecule is CCOP(=O)(OCC)[C@@H]1C[C@@H](Cn2ccc(=O)[nH]c2=O)N(C)O1. The van der Waals surface area contributed by atoms with Gasteiger partial charge < -0.3 is 9.05 Å². The van der Waals surface area contributed by atoms with Crippen molar-refractivity contribution in [3.8, 4) is 0 Å². The molecule has 2 rings (SSSR count). The maximum Gasteiger partial charge on any atom is 0.361 e. The fourth-order valence-electron chi connectivity index (χ4n) is 2.46. The van der Waals surface area contributed by atoms with Crippen molar-refractivity contribution < 1.29 is 18.5 Å². The first kappa shape index (κ1) is 18.1. The average molecular weight is 347 g/mol. The molecule has 1 aromatic heterocycles. The summed E-state index contributed by atoms with van der Waals surface area (Å²) < 4.78 is 24.7. The van der Waals surface area contributed by atoms with E-state index < -0.39 is 24.7 Å². The van der Waals surface area contributed by atoms with Gasteiger partial charge in [0.05, 0.1) is 19.3 Å². The summed E-state index contributed by atoms with van der Waals surface area (Å²) in [5.41, 5.74) is -0.940. The van der Waals surface area contributed by atoms with E-state index in [9.17, 15) is 14.2 Å². The Labute approximate surface area is 133 Å². The minimum Gasteiger partial charge on any atom is -0.307 e. The van der Waals surface area contributed by atoms with Gasteiger partial charge in [0.2, 0.25) is 0 Å². The van der Waals surface area contributed by atoms with Crippen LogP contribution in [0.15, 0.2) is 21.9 Å². The van der Waals surface area contributed by atoms with Gasteiger partial charge in [-0.2, -0.15) is 5.06 Å². The minimum atomic E-state index is -3.38. The van der Waals surface area contributed by atoms with Gasteiger partial charge in [-0.05, 0) is 13.8 Å². The Morgan fingerprint density at radius 1 is 1.35 bits per heavy atom. The number of nitrogens with one attached hydrogen (secondary N) is 1. The third kappa shape index (κ3) is 4.19. The van der Waals surface area contributed by atoms with Crippen molar-refractivity contribution in [2.75, 3.05) is 20.3 Å². The lowest BCUT2D eigenvalue weighted by Gasteiger charge is -2.22. The second-order valence-corrected chi connectivity index (χ2v) is 7.31. The highest BCUT2D eigenvalue weighted by atomic mass is 31.2. The van der Waals surface area contributed by atoms with Crippen molar-refractivity contribution in [3.63, 3.8) is 0 Å². The van der Waals surface area contributed by atoms with Crippen molar-refractivity contribution in [2.45, 2.75) is 38.7 Å². The number of aromatic nitrogens is 2. The fourth-order valence-corrected chi connectivity index (χ4v) is 4.35. The lowest BCUT2D eigenvalue weighted by Crippen LogP contribution is -2.36. The minimum absolute atomic E-state index is 0.196. The highest BCUT2D eigenvalue weighted by molar-refractivity contribution is 7.54. The lowest BCUT2D eigenvalue weighted by molar-refractivity contribution is -0.129. The Morgan fingerprint density at radius 3 is 2.57 bits per heavy atom. The van der Waals surface area contributed by atoms with Crippen LogP contribution < -0.4 is 11.2 Å². The first-order valence-electron chi connectivity index (χ1n) is 7.47. The summed E-state index contributed by atoms with van der Waals surface area (Å²) in [6, 6.07) is 1.08. The molecule has 10 heteroatoms. The highest BCUT2D eigenvalue weighted by Crippen LogP contribution is 2.57. The maximum absolute atomic E-state index is 12.8. The third-order valence-corrected chi connectivity index (χ3v) is 5.80. The van der Waals surface area contributed by atoms with Gasteiger partial charge in [0.1, 0.15) is 0 Å². The van der Waals surface area contributed by atoms with Gasteiger partial charge in [0.15, 0.2) is 5.85 Å². The summed E-state index contributed by atoms with van der Waals surface area (Å²) >= 11 is 0. The second-order valence-electron chi connectivity index (χ2n) is 5.13. The van der Waals surface area contributed by atoms with Crippen molar-refractivity contribution in [1.29, 1.82) is 0 Å². The smallest absolute Gasteiger partial charge is 0.307 e. The molecule has 0 amide bonds. The molecule has 2 heterocycles. The van der Waals surface area contributed by atoms with E-state index in [4.69, 9.17) is 13.9 Å². The quantitative estimate of drug-likeness (QED) is 0.727. The van der Waals surface area contributed by atoms with Crippen LogP contribution in [0.25, 0.3) is 0 Å². The summed E-state index contributed by atoms with van der Waals surface area (Å²) in [7, 11) is -1.68. The van der Waals surface area contributed by atoms with Crippen LogP contribution in [0.4, 0.5) is 0 Å². The van der Waals surface area contributed by atoms with Crippen LogP contribution in [0, 0.1) is 0 Å². The molecule has 0 unspecified atom stereocenters. The van der Waals surface area contributed by atoms with E-state index in [0.717, 1.165) is 0 Å². The summed E-state index contributed by atoms with van der Waals surface area (Å²) in [6.07, 6.45) is 1.81. The number of hydroxylamine groups is 2. The zero-order valence-corrected chi connectivity index (χ0v) is 14.3. The zero-order chi connectivity index (χ0) is 17.0. The summed E-state index contributed by atoms with van der Waals surface area (Å²) in [6.45, 7) is 4.28. The predicted molar refractivity (Wildman–Crippen MR) is 83.2 cm³/mol. The molecule has 1 aliphatic heterocycles. The first-order valence-corrected chi connectivity index (χ1v) is 9.09. The second kappa shape index (κ2) is 7.55. The van der Waals surface area contributed by atoms with Gasteiger partial charge in [-0.15, -0.1) is 0 Å². The first-order chi connectivity index (χ1) is 10.9. The Hall–Kier alpha value is -1.25. The van der Waals surface area contributed by atoms with Crippen LogP contribution in [-0.2, 0) is 25.0 Å². The Morgan fingerprint density at radius 2 is 2.00 bits per heavy atom. The van der Waals surface area contributed by atoms with Gasteiger partial charge >= 0.3 is 13.3 Å².